The van der Waals surface area contributed by atoms with Crippen LogP contribution in [-0.2, 0) is 0 Å². The van der Waals surface area contributed by atoms with Gasteiger partial charge in [0.05, 0.1) is 13.2 Å². The lowest BCUT2D eigenvalue weighted by Crippen LogP contribution is -2.30. The van der Waals surface area contributed by atoms with Crippen molar-refractivity contribution in [2.24, 2.45) is 0 Å². The van der Waals surface area contributed by atoms with Crippen LogP contribution in [0.2, 0.25) is 5.02 Å². The number of benzene rings is 2. The van der Waals surface area contributed by atoms with E-state index in [0.717, 1.165) is 41.8 Å². The molecule has 0 radical (unpaired) electrons. The molecule has 1 aliphatic rings. The molecule has 1 atom stereocenters. The first-order chi connectivity index (χ1) is 13.7. The van der Waals surface area contributed by atoms with Crippen LogP contribution in [0.1, 0.15) is 34.8 Å². The van der Waals surface area contributed by atoms with Crippen molar-refractivity contribution in [3.8, 4) is 16.9 Å². The van der Waals surface area contributed by atoms with E-state index in [1.807, 2.05) is 59.5 Å². The van der Waals surface area contributed by atoms with Gasteiger partial charge in [0, 0.05) is 35.1 Å². The van der Waals surface area contributed by atoms with Crippen molar-refractivity contribution in [2.45, 2.75) is 18.9 Å². The van der Waals surface area contributed by atoms with Crippen molar-refractivity contribution in [2.75, 3.05) is 13.7 Å². The van der Waals surface area contributed by atoms with Crippen molar-refractivity contribution < 1.29 is 9.53 Å². The highest BCUT2D eigenvalue weighted by molar-refractivity contribution is 6.31. The lowest BCUT2D eigenvalue weighted by atomic mass is 10.0. The van der Waals surface area contributed by atoms with Crippen molar-refractivity contribution in [3.63, 3.8) is 0 Å². The number of hydrogen-bond donors (Lipinski definition) is 0. The standard InChI is InChI=1S/C23H21ClN2O2/c1-28-22-12-13-25-15-19(22)16-8-10-17(11-9-16)23(27)26-14-4-7-21(26)18-5-2-3-6-20(18)24/h2-3,5-6,8-13,15,21H,4,7,14H2,1H3/t21-/m1/s1. The van der Waals surface area contributed by atoms with E-state index in [1.54, 1.807) is 19.5 Å². The SMILES string of the molecule is COc1ccncc1-c1ccc(C(=O)N2CCC[C@@H]2c2ccccc2Cl)cc1. The van der Waals surface area contributed by atoms with Gasteiger partial charge >= 0.3 is 0 Å². The highest BCUT2D eigenvalue weighted by Gasteiger charge is 2.31. The Morgan fingerprint density at radius 1 is 1.14 bits per heavy atom. The van der Waals surface area contributed by atoms with Gasteiger partial charge in [0.2, 0.25) is 0 Å². The van der Waals surface area contributed by atoms with Crippen LogP contribution in [-0.4, -0.2) is 29.4 Å². The van der Waals surface area contributed by atoms with E-state index in [0.29, 0.717) is 10.6 Å². The third-order valence-corrected chi connectivity index (χ3v) is 5.57. The molecule has 0 saturated carbocycles. The average Bonchev–Trinajstić information content (AvgIpc) is 3.23. The zero-order chi connectivity index (χ0) is 19.5. The summed E-state index contributed by atoms with van der Waals surface area (Å²) in [6.07, 6.45) is 5.37. The van der Waals surface area contributed by atoms with Gasteiger partial charge in [-0.2, -0.15) is 0 Å². The first kappa shape index (κ1) is 18.5. The normalized spacial score (nSPS) is 16.2. The quantitative estimate of drug-likeness (QED) is 0.598. The van der Waals surface area contributed by atoms with E-state index in [1.165, 1.54) is 0 Å². The Labute approximate surface area is 169 Å². The minimum absolute atomic E-state index is 0.0271. The summed E-state index contributed by atoms with van der Waals surface area (Å²) in [6, 6.07) is 17.2. The fraction of sp³-hybridized carbons (Fsp3) is 0.217. The Bertz CT molecular complexity index is 988. The van der Waals surface area contributed by atoms with Gasteiger partial charge in [-0.05, 0) is 48.2 Å². The smallest absolute Gasteiger partial charge is 0.254 e. The number of rotatable bonds is 4. The number of pyridine rings is 1. The van der Waals surface area contributed by atoms with Crippen molar-refractivity contribution >= 4 is 17.5 Å². The van der Waals surface area contributed by atoms with E-state index < -0.39 is 0 Å². The maximum Gasteiger partial charge on any atom is 0.254 e. The number of amides is 1. The third kappa shape index (κ3) is 3.48. The van der Waals surface area contributed by atoms with E-state index in [4.69, 9.17) is 16.3 Å². The number of ether oxygens (including phenoxy) is 1. The third-order valence-electron chi connectivity index (χ3n) is 5.22. The molecule has 1 fully saturated rings. The summed E-state index contributed by atoms with van der Waals surface area (Å²) < 4.78 is 5.41. The summed E-state index contributed by atoms with van der Waals surface area (Å²) in [4.78, 5) is 19.3. The molecule has 2 heterocycles. The summed E-state index contributed by atoms with van der Waals surface area (Å²) >= 11 is 6.38. The summed E-state index contributed by atoms with van der Waals surface area (Å²) in [5.74, 6) is 0.791. The van der Waals surface area contributed by atoms with Gasteiger partial charge in [-0.3, -0.25) is 9.78 Å². The fourth-order valence-electron chi connectivity index (χ4n) is 3.81. The van der Waals surface area contributed by atoms with Crippen LogP contribution in [0.25, 0.3) is 11.1 Å². The molecule has 2 aromatic carbocycles. The molecule has 1 aromatic heterocycles. The van der Waals surface area contributed by atoms with Gasteiger partial charge in [0.15, 0.2) is 0 Å². The van der Waals surface area contributed by atoms with E-state index >= 15 is 0 Å². The average molecular weight is 393 g/mol. The second-order valence-electron chi connectivity index (χ2n) is 6.83. The van der Waals surface area contributed by atoms with Crippen LogP contribution >= 0.6 is 11.6 Å². The fourth-order valence-corrected chi connectivity index (χ4v) is 4.07. The molecule has 4 nitrogen and oxygen atoms in total. The van der Waals surface area contributed by atoms with Crippen molar-refractivity contribution in [1.82, 2.24) is 9.88 Å². The number of likely N-dealkylation sites (tertiary alicyclic amines) is 1. The Kier molecular flexibility index (Phi) is 5.31. The second kappa shape index (κ2) is 8.03. The summed E-state index contributed by atoms with van der Waals surface area (Å²) in [7, 11) is 1.64. The number of hydrogen-bond acceptors (Lipinski definition) is 3. The lowest BCUT2D eigenvalue weighted by Gasteiger charge is -2.26. The van der Waals surface area contributed by atoms with Crippen LogP contribution in [0.5, 0.6) is 5.75 Å². The zero-order valence-electron chi connectivity index (χ0n) is 15.6. The molecule has 1 aliphatic heterocycles. The molecular formula is C23H21ClN2O2. The summed E-state index contributed by atoms with van der Waals surface area (Å²) in [5, 5.41) is 0.714. The highest BCUT2D eigenvalue weighted by atomic mass is 35.5. The molecular weight excluding hydrogens is 372 g/mol. The van der Waals surface area contributed by atoms with Crippen molar-refractivity contribution in [3.05, 3.63) is 83.1 Å². The van der Waals surface area contributed by atoms with Crippen LogP contribution in [0.3, 0.4) is 0 Å². The Balaban J connectivity index is 1.59. The molecule has 142 valence electrons. The maximum absolute atomic E-state index is 13.2. The molecule has 28 heavy (non-hydrogen) atoms. The molecule has 5 heteroatoms. The summed E-state index contributed by atoms with van der Waals surface area (Å²) in [6.45, 7) is 0.743. The van der Waals surface area contributed by atoms with E-state index in [2.05, 4.69) is 4.98 Å². The second-order valence-corrected chi connectivity index (χ2v) is 7.24. The largest absolute Gasteiger partial charge is 0.496 e. The van der Waals surface area contributed by atoms with Gasteiger partial charge in [-0.1, -0.05) is 41.9 Å². The van der Waals surface area contributed by atoms with E-state index in [9.17, 15) is 4.79 Å². The number of carbonyl (C=O) groups excluding carboxylic acids is 1. The Hall–Kier alpha value is -2.85. The molecule has 4 rings (SSSR count). The molecule has 0 spiro atoms. The molecule has 0 unspecified atom stereocenters. The van der Waals surface area contributed by atoms with Crippen LogP contribution in [0.4, 0.5) is 0 Å². The monoisotopic (exact) mass is 392 g/mol. The molecule has 3 aromatic rings. The molecule has 0 aliphatic carbocycles. The van der Waals surface area contributed by atoms with Crippen LogP contribution in [0, 0.1) is 0 Å². The van der Waals surface area contributed by atoms with Crippen molar-refractivity contribution in [1.29, 1.82) is 0 Å². The van der Waals surface area contributed by atoms with E-state index in [-0.39, 0.29) is 11.9 Å². The highest BCUT2D eigenvalue weighted by Crippen LogP contribution is 2.37. The Morgan fingerprint density at radius 2 is 1.93 bits per heavy atom. The molecule has 1 amide bonds. The Morgan fingerprint density at radius 3 is 2.68 bits per heavy atom. The minimum atomic E-state index is 0.0271. The van der Waals surface area contributed by atoms with Crippen LogP contribution in [0.15, 0.2) is 67.0 Å². The molecule has 0 bridgehead atoms. The number of methoxy groups -OCH3 is 1. The zero-order valence-corrected chi connectivity index (χ0v) is 16.4. The number of nitrogens with zero attached hydrogens (tertiary/aromatic N) is 2. The van der Waals surface area contributed by atoms with Gasteiger partial charge in [-0.15, -0.1) is 0 Å². The van der Waals surface area contributed by atoms with Crippen LogP contribution < -0.4 is 4.74 Å². The minimum Gasteiger partial charge on any atom is -0.496 e. The van der Waals surface area contributed by atoms with Gasteiger partial charge in [0.25, 0.3) is 5.91 Å². The predicted molar refractivity (Wildman–Crippen MR) is 111 cm³/mol. The molecule has 1 saturated heterocycles. The lowest BCUT2D eigenvalue weighted by molar-refractivity contribution is 0.0736. The number of halogens is 1. The van der Waals surface area contributed by atoms with Gasteiger partial charge in [-0.25, -0.2) is 0 Å². The maximum atomic E-state index is 13.2. The first-order valence-corrected chi connectivity index (χ1v) is 9.70. The first-order valence-electron chi connectivity index (χ1n) is 9.33. The number of carbonyl (C=O) groups is 1. The molecule has 0 N–H and O–H groups in total. The van der Waals surface area contributed by atoms with Gasteiger partial charge in [0.1, 0.15) is 5.75 Å². The number of aromatic nitrogens is 1. The topological polar surface area (TPSA) is 42.4 Å². The van der Waals surface area contributed by atoms with Gasteiger partial charge < -0.3 is 9.64 Å². The predicted octanol–water partition coefficient (Wildman–Crippen LogP) is 5.39. The summed E-state index contributed by atoms with van der Waals surface area (Å²) in [5.41, 5.74) is 3.56.